The fourth-order valence-corrected chi connectivity index (χ4v) is 2.62. The fraction of sp³-hybridized carbons (Fsp3) is 0.333. The zero-order chi connectivity index (χ0) is 14.7. The number of aromatic nitrogens is 2. The monoisotopic (exact) mass is 303 g/mol. The van der Waals surface area contributed by atoms with Crippen LogP contribution in [0.4, 0.5) is 0 Å². The van der Waals surface area contributed by atoms with Gasteiger partial charge in [0.15, 0.2) is 0 Å². The summed E-state index contributed by atoms with van der Waals surface area (Å²) in [5, 5.41) is 4.02. The highest BCUT2D eigenvalue weighted by molar-refractivity contribution is 7.98. The van der Waals surface area contributed by atoms with Gasteiger partial charge in [-0.1, -0.05) is 23.4 Å². The van der Waals surface area contributed by atoms with Crippen LogP contribution in [0.1, 0.15) is 29.7 Å². The summed E-state index contributed by atoms with van der Waals surface area (Å²) in [6.45, 7) is 0.441. The molecule has 21 heavy (non-hydrogen) atoms. The van der Waals surface area contributed by atoms with Crippen LogP contribution in [-0.2, 0) is 0 Å². The van der Waals surface area contributed by atoms with Gasteiger partial charge in [0.2, 0.25) is 11.7 Å². The first kappa shape index (κ1) is 14.2. The minimum Gasteiger partial charge on any atom is -0.488 e. The lowest BCUT2D eigenvalue weighted by atomic mass is 10.1. The molecule has 0 radical (unpaired) electrons. The van der Waals surface area contributed by atoms with E-state index in [0.717, 1.165) is 29.1 Å². The number of thioether (sulfide) groups is 1. The molecule has 0 saturated carbocycles. The topological polar surface area (TPSA) is 74.2 Å². The lowest BCUT2D eigenvalue weighted by molar-refractivity contribution is 0.347. The second kappa shape index (κ2) is 6.32. The predicted molar refractivity (Wildman–Crippen MR) is 84.0 cm³/mol. The number of fused-ring (bicyclic) bond motifs is 1. The third-order valence-electron chi connectivity index (χ3n) is 3.31. The fourth-order valence-electron chi connectivity index (χ4n) is 2.13. The Balaban J connectivity index is 1.80. The van der Waals surface area contributed by atoms with Crippen molar-refractivity contribution in [3.63, 3.8) is 0 Å². The molecule has 1 aliphatic rings. The third kappa shape index (κ3) is 3.11. The molecule has 2 N–H and O–H groups in total. The smallest absolute Gasteiger partial charge is 0.243 e. The van der Waals surface area contributed by atoms with Crippen LogP contribution < -0.4 is 10.5 Å². The maximum absolute atomic E-state index is 6.04. The number of hydrogen-bond donors (Lipinski definition) is 1. The molecular weight excluding hydrogens is 286 g/mol. The molecule has 3 rings (SSSR count). The van der Waals surface area contributed by atoms with Crippen LogP contribution in [0.25, 0.3) is 11.6 Å². The molecule has 110 valence electrons. The van der Waals surface area contributed by atoms with Crippen LogP contribution in [0.3, 0.4) is 0 Å². The Morgan fingerprint density at radius 2 is 2.24 bits per heavy atom. The van der Waals surface area contributed by atoms with E-state index in [0.29, 0.717) is 18.3 Å². The van der Waals surface area contributed by atoms with Gasteiger partial charge in [0, 0.05) is 11.1 Å². The van der Waals surface area contributed by atoms with Crippen LogP contribution in [0.2, 0.25) is 0 Å². The van der Waals surface area contributed by atoms with Crippen molar-refractivity contribution in [3.05, 3.63) is 41.5 Å². The van der Waals surface area contributed by atoms with E-state index in [-0.39, 0.29) is 6.04 Å². The van der Waals surface area contributed by atoms with Crippen molar-refractivity contribution in [2.45, 2.75) is 12.5 Å². The standard InChI is InChI=1S/C15H17N3O2S/c1-21-7-6-12(16)15-17-14(18-20-15)11-8-10-4-2-3-5-13(10)19-9-11/h2-5,8,12H,6-7,9,16H2,1H3/t12-/m0/s1. The van der Waals surface area contributed by atoms with Gasteiger partial charge in [0.25, 0.3) is 0 Å². The molecule has 0 spiro atoms. The highest BCUT2D eigenvalue weighted by atomic mass is 32.2. The molecule has 0 amide bonds. The summed E-state index contributed by atoms with van der Waals surface area (Å²) in [5.41, 5.74) is 7.97. The molecule has 1 aromatic carbocycles. The Hall–Kier alpha value is -1.79. The summed E-state index contributed by atoms with van der Waals surface area (Å²) in [4.78, 5) is 4.40. The molecule has 5 nitrogen and oxygen atoms in total. The van der Waals surface area contributed by atoms with E-state index < -0.39 is 0 Å². The van der Waals surface area contributed by atoms with E-state index in [2.05, 4.69) is 10.1 Å². The van der Waals surface area contributed by atoms with E-state index >= 15 is 0 Å². The maximum Gasteiger partial charge on any atom is 0.243 e. The van der Waals surface area contributed by atoms with Crippen molar-refractivity contribution in [1.82, 2.24) is 10.1 Å². The van der Waals surface area contributed by atoms with Gasteiger partial charge in [-0.15, -0.1) is 0 Å². The van der Waals surface area contributed by atoms with Crippen molar-refractivity contribution in [2.75, 3.05) is 18.6 Å². The normalized spacial score (nSPS) is 15.0. The third-order valence-corrected chi connectivity index (χ3v) is 3.95. The van der Waals surface area contributed by atoms with E-state index in [9.17, 15) is 0 Å². The second-order valence-electron chi connectivity index (χ2n) is 4.84. The molecule has 0 fully saturated rings. The molecule has 2 aromatic rings. The van der Waals surface area contributed by atoms with Crippen LogP contribution in [-0.4, -0.2) is 28.8 Å². The number of hydrogen-bond acceptors (Lipinski definition) is 6. The Bertz CT molecular complexity index is 654. The van der Waals surface area contributed by atoms with E-state index in [1.165, 1.54) is 0 Å². The second-order valence-corrected chi connectivity index (χ2v) is 5.83. The van der Waals surface area contributed by atoms with Crippen molar-refractivity contribution < 1.29 is 9.26 Å². The maximum atomic E-state index is 6.04. The van der Waals surface area contributed by atoms with Crippen LogP contribution in [0.5, 0.6) is 5.75 Å². The summed E-state index contributed by atoms with van der Waals surface area (Å²) in [5.74, 6) is 2.89. The SMILES string of the molecule is CSCC[C@H](N)c1nc(C2=Cc3ccccc3OC2)no1. The highest BCUT2D eigenvalue weighted by Crippen LogP contribution is 2.29. The van der Waals surface area contributed by atoms with Crippen LogP contribution >= 0.6 is 11.8 Å². The molecule has 1 aromatic heterocycles. The highest BCUT2D eigenvalue weighted by Gasteiger charge is 2.19. The van der Waals surface area contributed by atoms with Crippen molar-refractivity contribution in [1.29, 1.82) is 0 Å². The molecule has 6 heteroatoms. The summed E-state index contributed by atoms with van der Waals surface area (Å²) >= 11 is 1.75. The predicted octanol–water partition coefficient (Wildman–Crippen LogP) is 2.76. The molecule has 0 saturated heterocycles. The van der Waals surface area contributed by atoms with Crippen LogP contribution in [0.15, 0.2) is 28.8 Å². The first-order valence-electron chi connectivity index (χ1n) is 6.79. The van der Waals surface area contributed by atoms with Crippen LogP contribution in [0, 0.1) is 0 Å². The minimum atomic E-state index is -0.212. The summed E-state index contributed by atoms with van der Waals surface area (Å²) < 4.78 is 11.0. The van der Waals surface area contributed by atoms with Gasteiger partial charge in [-0.2, -0.15) is 16.7 Å². The average Bonchev–Trinajstić information content (AvgIpc) is 3.02. The largest absolute Gasteiger partial charge is 0.488 e. The van der Waals surface area contributed by atoms with E-state index in [4.69, 9.17) is 15.0 Å². The quantitative estimate of drug-likeness (QED) is 0.915. The minimum absolute atomic E-state index is 0.212. The Labute approximate surface area is 127 Å². The van der Waals surface area contributed by atoms with Crippen molar-refractivity contribution in [3.8, 4) is 5.75 Å². The number of benzene rings is 1. The van der Waals surface area contributed by atoms with E-state index in [1.54, 1.807) is 11.8 Å². The molecule has 2 heterocycles. The Morgan fingerprint density at radius 3 is 3.10 bits per heavy atom. The molecular formula is C15H17N3O2S. The zero-order valence-corrected chi connectivity index (χ0v) is 12.6. The van der Waals surface area contributed by atoms with Crippen molar-refractivity contribution in [2.24, 2.45) is 5.73 Å². The molecule has 1 atom stereocenters. The number of ether oxygens (including phenoxy) is 1. The molecule has 0 unspecified atom stereocenters. The van der Waals surface area contributed by atoms with Crippen molar-refractivity contribution >= 4 is 23.4 Å². The first-order chi connectivity index (χ1) is 10.3. The average molecular weight is 303 g/mol. The van der Waals surface area contributed by atoms with Gasteiger partial charge in [-0.05, 0) is 30.6 Å². The van der Waals surface area contributed by atoms with Gasteiger partial charge >= 0.3 is 0 Å². The van der Waals surface area contributed by atoms with Gasteiger partial charge < -0.3 is 15.0 Å². The lowest BCUT2D eigenvalue weighted by Gasteiger charge is -2.15. The Kier molecular flexibility index (Phi) is 4.26. The van der Waals surface area contributed by atoms with Gasteiger partial charge in [-0.25, -0.2) is 0 Å². The van der Waals surface area contributed by atoms with E-state index in [1.807, 2.05) is 36.6 Å². The molecule has 1 aliphatic heterocycles. The Morgan fingerprint density at radius 1 is 1.38 bits per heavy atom. The zero-order valence-electron chi connectivity index (χ0n) is 11.8. The molecule has 0 bridgehead atoms. The lowest BCUT2D eigenvalue weighted by Crippen LogP contribution is -2.12. The number of nitrogens with zero attached hydrogens (tertiary/aromatic N) is 2. The number of rotatable bonds is 5. The number of nitrogens with two attached hydrogens (primary N) is 1. The number of para-hydroxylation sites is 1. The summed E-state index contributed by atoms with van der Waals surface area (Å²) in [6.07, 6.45) is 4.90. The molecule has 0 aliphatic carbocycles. The first-order valence-corrected chi connectivity index (χ1v) is 8.18. The van der Waals surface area contributed by atoms with Gasteiger partial charge in [0.1, 0.15) is 12.4 Å². The summed E-state index contributed by atoms with van der Waals surface area (Å²) in [6, 6.07) is 7.66. The van der Waals surface area contributed by atoms with Gasteiger partial charge in [0.05, 0.1) is 6.04 Å². The summed E-state index contributed by atoms with van der Waals surface area (Å²) in [7, 11) is 0. The van der Waals surface area contributed by atoms with Gasteiger partial charge in [-0.3, -0.25) is 0 Å².